The molecular weight excluding hydrogens is 184 g/mol. The smallest absolute Gasteiger partial charge is 0.131 e. The van der Waals surface area contributed by atoms with Crippen molar-refractivity contribution in [3.8, 4) is 0 Å². The highest BCUT2D eigenvalue weighted by atomic mass is 14.9. The van der Waals surface area contributed by atoms with Crippen LogP contribution in [-0.2, 0) is 0 Å². The molecule has 0 saturated carbocycles. The van der Waals surface area contributed by atoms with Crippen molar-refractivity contribution in [3.63, 3.8) is 0 Å². The van der Waals surface area contributed by atoms with E-state index in [1.54, 1.807) is 0 Å². The zero-order chi connectivity index (χ0) is 11.9. The summed E-state index contributed by atoms with van der Waals surface area (Å²) in [4.78, 5) is 8.50. The highest BCUT2D eigenvalue weighted by Gasteiger charge is 2.17. The molecule has 15 heavy (non-hydrogen) atoms. The van der Waals surface area contributed by atoms with Crippen LogP contribution in [0.15, 0.2) is 18.5 Å². The topological polar surface area (TPSA) is 25.8 Å². The molecule has 0 aromatic carbocycles. The highest BCUT2D eigenvalue weighted by molar-refractivity contribution is 4.96. The van der Waals surface area contributed by atoms with Gasteiger partial charge in [-0.1, -0.05) is 41.5 Å². The molecule has 0 amide bonds. The molecule has 2 nitrogen and oxygen atoms in total. The molecule has 1 aromatic rings. The van der Waals surface area contributed by atoms with Gasteiger partial charge in [0.15, 0.2) is 0 Å². The summed E-state index contributed by atoms with van der Waals surface area (Å²) in [6, 6.07) is 1.85. The maximum atomic E-state index is 4.25. The standard InChI is InChI=1S/C11H18N2.C2H6/c1-9(8-11(2,3)4)10-12-6-5-7-13-10;1-2/h5-7,9H,8H2,1-4H3;1-2H3. The van der Waals surface area contributed by atoms with E-state index in [-0.39, 0.29) is 0 Å². The lowest BCUT2D eigenvalue weighted by atomic mass is 9.85. The second-order valence-electron chi connectivity index (χ2n) is 4.77. The first-order valence-corrected chi connectivity index (χ1v) is 5.76. The van der Waals surface area contributed by atoms with Gasteiger partial charge in [-0.2, -0.15) is 0 Å². The third kappa shape index (κ3) is 6.21. The van der Waals surface area contributed by atoms with E-state index in [0.717, 1.165) is 12.2 Å². The van der Waals surface area contributed by atoms with Gasteiger partial charge in [-0.3, -0.25) is 0 Å². The zero-order valence-corrected chi connectivity index (χ0v) is 10.9. The summed E-state index contributed by atoms with van der Waals surface area (Å²) in [5.74, 6) is 1.40. The molecule has 0 spiro atoms. The normalized spacial score (nSPS) is 12.7. The molecule has 2 heteroatoms. The van der Waals surface area contributed by atoms with Crippen LogP contribution in [0.4, 0.5) is 0 Å². The average molecular weight is 208 g/mol. The van der Waals surface area contributed by atoms with Crippen molar-refractivity contribution in [1.29, 1.82) is 0 Å². The number of hydrogen-bond acceptors (Lipinski definition) is 2. The molecule has 0 aliphatic heterocycles. The van der Waals surface area contributed by atoms with E-state index >= 15 is 0 Å². The lowest BCUT2D eigenvalue weighted by Crippen LogP contribution is -2.11. The second kappa shape index (κ2) is 6.54. The zero-order valence-electron chi connectivity index (χ0n) is 10.9. The quantitative estimate of drug-likeness (QED) is 0.733. The van der Waals surface area contributed by atoms with Gasteiger partial charge in [-0.15, -0.1) is 0 Å². The summed E-state index contributed by atoms with van der Waals surface area (Å²) >= 11 is 0. The van der Waals surface area contributed by atoms with Crippen molar-refractivity contribution in [2.24, 2.45) is 5.41 Å². The molecule has 1 atom stereocenters. The van der Waals surface area contributed by atoms with Crippen molar-refractivity contribution in [2.75, 3.05) is 0 Å². The van der Waals surface area contributed by atoms with Crippen LogP contribution in [0.5, 0.6) is 0 Å². The first-order chi connectivity index (χ1) is 6.99. The molecule has 86 valence electrons. The van der Waals surface area contributed by atoms with Crippen LogP contribution >= 0.6 is 0 Å². The van der Waals surface area contributed by atoms with E-state index in [0.29, 0.717) is 11.3 Å². The highest BCUT2D eigenvalue weighted by Crippen LogP contribution is 2.28. The molecule has 0 bridgehead atoms. The molecule has 0 fully saturated rings. The summed E-state index contributed by atoms with van der Waals surface area (Å²) in [6.45, 7) is 12.9. The van der Waals surface area contributed by atoms with Crippen LogP contribution in [0, 0.1) is 5.41 Å². The van der Waals surface area contributed by atoms with Crippen molar-refractivity contribution in [3.05, 3.63) is 24.3 Å². The third-order valence-electron chi connectivity index (χ3n) is 1.95. The largest absolute Gasteiger partial charge is 0.241 e. The molecular formula is C13H24N2. The minimum atomic E-state index is 0.346. The van der Waals surface area contributed by atoms with Crippen molar-refractivity contribution in [1.82, 2.24) is 9.97 Å². The Hall–Kier alpha value is -0.920. The minimum Gasteiger partial charge on any atom is -0.241 e. The molecule has 1 rings (SSSR count). The van der Waals surface area contributed by atoms with Gasteiger partial charge < -0.3 is 0 Å². The molecule has 0 radical (unpaired) electrons. The van der Waals surface area contributed by atoms with E-state index in [4.69, 9.17) is 0 Å². The van der Waals surface area contributed by atoms with Gasteiger partial charge in [0.2, 0.25) is 0 Å². The molecule has 0 saturated heterocycles. The summed E-state index contributed by atoms with van der Waals surface area (Å²) in [7, 11) is 0. The molecule has 0 N–H and O–H groups in total. The Morgan fingerprint density at radius 3 is 2.00 bits per heavy atom. The maximum absolute atomic E-state index is 4.25. The fraction of sp³-hybridized carbons (Fsp3) is 0.692. The maximum Gasteiger partial charge on any atom is 0.131 e. The molecule has 1 aromatic heterocycles. The molecule has 0 aliphatic carbocycles. The van der Waals surface area contributed by atoms with E-state index in [1.165, 1.54) is 0 Å². The lowest BCUT2D eigenvalue weighted by molar-refractivity contribution is 0.343. The Morgan fingerprint density at radius 2 is 1.60 bits per heavy atom. The molecule has 0 aliphatic rings. The SMILES string of the molecule is CC.CC(CC(C)(C)C)c1ncccn1. The Morgan fingerprint density at radius 1 is 1.13 bits per heavy atom. The van der Waals surface area contributed by atoms with Crippen molar-refractivity contribution < 1.29 is 0 Å². The predicted molar refractivity (Wildman–Crippen MR) is 65.9 cm³/mol. The van der Waals surface area contributed by atoms with Gasteiger partial charge in [0.1, 0.15) is 5.82 Å². The number of aromatic nitrogens is 2. The molecule has 1 heterocycles. The Kier molecular flexibility index (Phi) is 6.14. The van der Waals surface area contributed by atoms with Crippen LogP contribution in [0.1, 0.15) is 59.7 Å². The fourth-order valence-electron chi connectivity index (χ4n) is 1.57. The fourth-order valence-corrected chi connectivity index (χ4v) is 1.57. The van der Waals surface area contributed by atoms with Gasteiger partial charge in [0, 0.05) is 18.3 Å². The van der Waals surface area contributed by atoms with E-state index in [2.05, 4.69) is 37.7 Å². The summed E-state index contributed by atoms with van der Waals surface area (Å²) in [5, 5.41) is 0. The van der Waals surface area contributed by atoms with E-state index in [9.17, 15) is 0 Å². The summed E-state index contributed by atoms with van der Waals surface area (Å²) < 4.78 is 0. The Balaban J connectivity index is 0.000000921. The summed E-state index contributed by atoms with van der Waals surface area (Å²) in [5.41, 5.74) is 0.346. The van der Waals surface area contributed by atoms with Crippen LogP contribution < -0.4 is 0 Å². The summed E-state index contributed by atoms with van der Waals surface area (Å²) in [6.07, 6.45) is 4.74. The van der Waals surface area contributed by atoms with Crippen LogP contribution in [0.2, 0.25) is 0 Å². The van der Waals surface area contributed by atoms with Crippen LogP contribution in [0.25, 0.3) is 0 Å². The molecule has 1 unspecified atom stereocenters. The van der Waals surface area contributed by atoms with Gasteiger partial charge >= 0.3 is 0 Å². The van der Waals surface area contributed by atoms with Gasteiger partial charge in [0.25, 0.3) is 0 Å². The Labute approximate surface area is 94.2 Å². The van der Waals surface area contributed by atoms with Gasteiger partial charge in [0.05, 0.1) is 0 Å². The lowest BCUT2D eigenvalue weighted by Gasteiger charge is -2.21. The van der Waals surface area contributed by atoms with Gasteiger partial charge in [-0.05, 0) is 17.9 Å². The first kappa shape index (κ1) is 14.1. The number of hydrogen-bond donors (Lipinski definition) is 0. The van der Waals surface area contributed by atoms with Crippen LogP contribution in [-0.4, -0.2) is 9.97 Å². The van der Waals surface area contributed by atoms with E-state index in [1.807, 2.05) is 32.3 Å². The number of nitrogens with zero attached hydrogens (tertiary/aromatic N) is 2. The van der Waals surface area contributed by atoms with Crippen molar-refractivity contribution in [2.45, 2.75) is 53.9 Å². The van der Waals surface area contributed by atoms with E-state index < -0.39 is 0 Å². The van der Waals surface area contributed by atoms with Crippen molar-refractivity contribution >= 4 is 0 Å². The second-order valence-corrected chi connectivity index (χ2v) is 4.77. The minimum absolute atomic E-state index is 0.346. The van der Waals surface area contributed by atoms with Crippen LogP contribution in [0.3, 0.4) is 0 Å². The average Bonchev–Trinajstić information content (AvgIpc) is 2.20. The van der Waals surface area contributed by atoms with Gasteiger partial charge in [-0.25, -0.2) is 9.97 Å². The third-order valence-corrected chi connectivity index (χ3v) is 1.95. The first-order valence-electron chi connectivity index (χ1n) is 5.76. The Bertz CT molecular complexity index is 249. The number of rotatable bonds is 2. The monoisotopic (exact) mass is 208 g/mol. The predicted octanol–water partition coefficient (Wildman–Crippen LogP) is 4.04.